The van der Waals surface area contributed by atoms with Crippen LogP contribution in [0.25, 0.3) is 0 Å². The molecule has 268 valence electrons. The van der Waals surface area contributed by atoms with Gasteiger partial charge in [-0.15, -0.1) is 0 Å². The Kier molecular flexibility index (Phi) is 20.7. The fourth-order valence-electron chi connectivity index (χ4n) is 2.91. The zero-order valence-corrected chi connectivity index (χ0v) is 29.8. The molecule has 0 radical (unpaired) electrons. The van der Waals surface area contributed by atoms with Gasteiger partial charge in [-0.3, -0.25) is 0 Å². The highest BCUT2D eigenvalue weighted by molar-refractivity contribution is 5.89. The van der Waals surface area contributed by atoms with E-state index in [1.54, 1.807) is 0 Å². The normalized spacial score (nSPS) is 10.5. The average Bonchev–Trinajstić information content (AvgIpc) is 3.03. The van der Waals surface area contributed by atoms with Gasteiger partial charge in [-0.1, -0.05) is 53.3 Å². The quantitative estimate of drug-likeness (QED) is 0.0910. The second kappa shape index (κ2) is 21.9. The summed E-state index contributed by atoms with van der Waals surface area (Å²) in [4.78, 5) is 69.8. The predicted molar refractivity (Wildman–Crippen MR) is 180 cm³/mol. The molecule has 0 rings (SSSR count). The minimum absolute atomic E-state index is 0.0812. The fraction of sp³-hybridized carbons (Fsp3) is 0.500. The van der Waals surface area contributed by atoms with Crippen LogP contribution < -0.4 is 0 Å². The molecular formula is C36H52O12. The molecule has 48 heavy (non-hydrogen) atoms. The molecule has 12 nitrogen and oxygen atoms in total. The van der Waals surface area contributed by atoms with Gasteiger partial charge in [-0.25, -0.2) is 28.8 Å². The molecule has 0 N–H and O–H groups in total. The van der Waals surface area contributed by atoms with Crippen LogP contribution in [0.2, 0.25) is 0 Å². The van der Waals surface area contributed by atoms with Gasteiger partial charge in [0.05, 0.1) is 10.8 Å². The van der Waals surface area contributed by atoms with Crippen molar-refractivity contribution >= 4 is 35.8 Å². The summed E-state index contributed by atoms with van der Waals surface area (Å²) in [5.74, 6) is -3.39. The van der Waals surface area contributed by atoms with Gasteiger partial charge in [0.1, 0.15) is 39.6 Å². The van der Waals surface area contributed by atoms with Crippen molar-refractivity contribution in [3.63, 3.8) is 0 Å². The summed E-state index contributed by atoms with van der Waals surface area (Å²) >= 11 is 0. The molecule has 0 aromatic rings. The second-order valence-electron chi connectivity index (χ2n) is 11.8. The van der Waals surface area contributed by atoms with Crippen LogP contribution in [0.1, 0.15) is 68.2 Å². The summed E-state index contributed by atoms with van der Waals surface area (Å²) in [7, 11) is 0. The zero-order chi connectivity index (χ0) is 37.8. The summed E-state index contributed by atoms with van der Waals surface area (Å²) in [6.45, 7) is 33.4. The Morgan fingerprint density at radius 3 is 0.562 bits per heavy atom. The van der Waals surface area contributed by atoms with Gasteiger partial charge < -0.3 is 28.4 Å². The summed E-state index contributed by atoms with van der Waals surface area (Å²) in [6.07, 6.45) is 0.896. The Balaban J connectivity index is 0. The van der Waals surface area contributed by atoms with Crippen molar-refractivity contribution in [1.29, 1.82) is 0 Å². The number of hydrogen-bond donors (Lipinski definition) is 0. The minimum Gasteiger partial charge on any atom is -0.461 e. The molecule has 12 heteroatoms. The number of hydrogen-bond acceptors (Lipinski definition) is 12. The predicted octanol–water partition coefficient (Wildman–Crippen LogP) is 5.48. The summed E-state index contributed by atoms with van der Waals surface area (Å²) < 4.78 is 31.1. The first-order valence-electron chi connectivity index (χ1n) is 15.0. The van der Waals surface area contributed by atoms with Crippen LogP contribution in [0.5, 0.6) is 0 Å². The van der Waals surface area contributed by atoms with Gasteiger partial charge in [0.25, 0.3) is 0 Å². The third kappa shape index (κ3) is 17.8. The highest BCUT2D eigenvalue weighted by atomic mass is 16.6. The SMILES string of the molecule is C=C(C)C(=O)OCC(CC)(COC(=O)C(=C)C)COC(=O)C(=C)C.C=C(C)C(=O)OCC(CC)(COC(=O)C(=C)C)COC(=O)C(=C)C. The van der Waals surface area contributed by atoms with Gasteiger partial charge in [-0.05, 0) is 54.4 Å². The Hall–Kier alpha value is -4.74. The Morgan fingerprint density at radius 1 is 0.354 bits per heavy atom. The molecule has 0 aromatic carbocycles. The van der Waals surface area contributed by atoms with E-state index in [0.29, 0.717) is 12.8 Å². The third-order valence-electron chi connectivity index (χ3n) is 6.65. The van der Waals surface area contributed by atoms with E-state index < -0.39 is 46.6 Å². The lowest BCUT2D eigenvalue weighted by molar-refractivity contribution is -0.159. The molecule has 0 atom stereocenters. The van der Waals surface area contributed by atoms with Crippen LogP contribution >= 0.6 is 0 Å². The van der Waals surface area contributed by atoms with Gasteiger partial charge in [-0.2, -0.15) is 0 Å². The van der Waals surface area contributed by atoms with Crippen molar-refractivity contribution in [3.05, 3.63) is 72.9 Å². The molecule has 0 fully saturated rings. The number of rotatable bonds is 20. The molecule has 0 saturated heterocycles. The summed E-state index contributed by atoms with van der Waals surface area (Å²) in [5.41, 5.74) is -0.231. The molecule has 0 bridgehead atoms. The van der Waals surface area contributed by atoms with Crippen molar-refractivity contribution in [3.8, 4) is 0 Å². The first-order chi connectivity index (χ1) is 22.1. The molecule has 0 amide bonds. The molecule has 0 unspecified atom stereocenters. The van der Waals surface area contributed by atoms with Crippen LogP contribution in [0.3, 0.4) is 0 Å². The van der Waals surface area contributed by atoms with E-state index in [2.05, 4.69) is 39.5 Å². The lowest BCUT2D eigenvalue weighted by Gasteiger charge is -2.31. The topological polar surface area (TPSA) is 158 Å². The van der Waals surface area contributed by atoms with Crippen LogP contribution in [0.15, 0.2) is 72.9 Å². The maximum Gasteiger partial charge on any atom is 0.333 e. The lowest BCUT2D eigenvalue weighted by Crippen LogP contribution is -2.39. The summed E-state index contributed by atoms with van der Waals surface area (Å²) in [5, 5.41) is 0. The van der Waals surface area contributed by atoms with E-state index in [0.717, 1.165) is 0 Å². The van der Waals surface area contributed by atoms with E-state index >= 15 is 0 Å². The van der Waals surface area contributed by atoms with Gasteiger partial charge >= 0.3 is 35.8 Å². The van der Waals surface area contributed by atoms with Crippen molar-refractivity contribution < 1.29 is 57.2 Å². The van der Waals surface area contributed by atoms with Crippen molar-refractivity contribution in [1.82, 2.24) is 0 Å². The molecule has 0 aliphatic carbocycles. The standard InChI is InChI=1S/2C18H26O6/c2*1-8-18(9-22-15(19)12(2)3,10-23-16(20)13(4)5)11-24-17(21)14(6)7/h2*2,4,6,8-11H2,1,3,5,7H3. The van der Waals surface area contributed by atoms with Crippen LogP contribution in [0, 0.1) is 10.8 Å². The largest absolute Gasteiger partial charge is 0.461 e. The first-order valence-corrected chi connectivity index (χ1v) is 15.0. The van der Waals surface area contributed by atoms with E-state index in [4.69, 9.17) is 28.4 Å². The maximum absolute atomic E-state index is 11.6. The van der Waals surface area contributed by atoms with Crippen molar-refractivity contribution in [2.45, 2.75) is 68.2 Å². The zero-order valence-electron chi connectivity index (χ0n) is 29.8. The maximum atomic E-state index is 11.6. The summed E-state index contributed by atoms with van der Waals surface area (Å²) in [6, 6.07) is 0. The van der Waals surface area contributed by atoms with Crippen LogP contribution in [-0.4, -0.2) is 75.5 Å². The number of carbonyl (C=O) groups is 6. The Labute approximate surface area is 284 Å². The molecule has 0 aliphatic rings. The number of ether oxygens (including phenoxy) is 6. The van der Waals surface area contributed by atoms with E-state index in [1.165, 1.54) is 41.5 Å². The molecular weight excluding hydrogens is 624 g/mol. The number of carbonyl (C=O) groups excluding carboxylic acids is 6. The monoisotopic (exact) mass is 676 g/mol. The molecule has 0 aromatic heterocycles. The van der Waals surface area contributed by atoms with E-state index in [9.17, 15) is 28.8 Å². The first kappa shape index (κ1) is 45.4. The highest BCUT2D eigenvalue weighted by Crippen LogP contribution is 2.26. The van der Waals surface area contributed by atoms with E-state index in [1.807, 2.05) is 13.8 Å². The highest BCUT2D eigenvalue weighted by Gasteiger charge is 2.35. The van der Waals surface area contributed by atoms with E-state index in [-0.39, 0.29) is 73.1 Å². The Morgan fingerprint density at radius 2 is 0.479 bits per heavy atom. The van der Waals surface area contributed by atoms with Gasteiger partial charge in [0, 0.05) is 33.4 Å². The van der Waals surface area contributed by atoms with Crippen LogP contribution in [0.4, 0.5) is 0 Å². The fourth-order valence-corrected chi connectivity index (χ4v) is 2.91. The Bertz CT molecular complexity index is 1040. The number of esters is 6. The third-order valence-corrected chi connectivity index (χ3v) is 6.65. The molecule has 0 heterocycles. The molecule has 0 spiro atoms. The van der Waals surface area contributed by atoms with Gasteiger partial charge in [0.15, 0.2) is 0 Å². The second-order valence-corrected chi connectivity index (χ2v) is 11.8. The van der Waals surface area contributed by atoms with Crippen molar-refractivity contribution in [2.75, 3.05) is 39.6 Å². The van der Waals surface area contributed by atoms with Gasteiger partial charge in [0.2, 0.25) is 0 Å². The smallest absolute Gasteiger partial charge is 0.333 e. The molecule has 0 saturated carbocycles. The lowest BCUT2D eigenvalue weighted by atomic mass is 9.88. The van der Waals surface area contributed by atoms with Crippen molar-refractivity contribution in [2.24, 2.45) is 10.8 Å². The molecule has 0 aliphatic heterocycles. The minimum atomic E-state index is -0.860. The average molecular weight is 677 g/mol. The van der Waals surface area contributed by atoms with Crippen LogP contribution in [-0.2, 0) is 57.2 Å².